The maximum Gasteiger partial charge on any atom is 0.354 e. The van der Waals surface area contributed by atoms with Crippen LogP contribution < -0.4 is 4.74 Å². The number of rotatable bonds is 3. The molecule has 0 atom stereocenters. The zero-order valence-corrected chi connectivity index (χ0v) is 15.7. The minimum absolute atomic E-state index is 0. The molecule has 0 spiro atoms. The summed E-state index contributed by atoms with van der Waals surface area (Å²) in [6.45, 7) is 0. The van der Waals surface area contributed by atoms with E-state index in [1.807, 2.05) is 0 Å². The number of carbonyl (C=O) groups is 1. The number of hydrogen-bond donors (Lipinski definition) is 1. The molecule has 26 heavy (non-hydrogen) atoms. The summed E-state index contributed by atoms with van der Waals surface area (Å²) < 4.78 is 31.1. The molecule has 0 aliphatic rings. The molecule has 2 aromatic heterocycles. The molecule has 2 heterocycles. The van der Waals surface area contributed by atoms with Crippen molar-refractivity contribution in [3.63, 3.8) is 0 Å². The van der Waals surface area contributed by atoms with Crippen molar-refractivity contribution >= 4 is 5.97 Å². The molecule has 0 fully saturated rings. The van der Waals surface area contributed by atoms with Crippen LogP contribution in [-0.4, -0.2) is 28.2 Å². The number of benzene rings is 1. The first-order chi connectivity index (χ1) is 12.0. The number of pyridine rings is 2. The molecule has 0 saturated heterocycles. The van der Waals surface area contributed by atoms with Crippen LogP contribution in [0.2, 0.25) is 0 Å². The molecule has 3 rings (SSSR count). The molecule has 0 amide bonds. The Kier molecular flexibility index (Phi) is 8.52. The van der Waals surface area contributed by atoms with Crippen LogP contribution in [-0.2, 0) is 21.1 Å². The fourth-order valence-electron chi connectivity index (χ4n) is 1.81. The Morgan fingerprint density at radius 3 is 2.46 bits per heavy atom. The van der Waals surface area contributed by atoms with Crippen LogP contribution in [0.15, 0.2) is 54.9 Å². The first-order valence-corrected chi connectivity index (χ1v) is 7.02. The minimum Gasteiger partial charge on any atom is -0.497 e. The van der Waals surface area contributed by atoms with Crippen molar-refractivity contribution in [1.29, 1.82) is 0 Å². The summed E-state index contributed by atoms with van der Waals surface area (Å²) in [6, 6.07) is 12.3. The number of ether oxygens (including phenoxy) is 1. The molecule has 0 unspecified atom stereocenters. The number of aromatic carboxylic acids is 1. The van der Waals surface area contributed by atoms with Crippen molar-refractivity contribution in [1.82, 2.24) is 9.97 Å². The number of carboxylic acids is 1. The fourth-order valence-corrected chi connectivity index (χ4v) is 1.81. The molecule has 0 aliphatic carbocycles. The van der Waals surface area contributed by atoms with Crippen LogP contribution in [0.5, 0.6) is 5.75 Å². The van der Waals surface area contributed by atoms with E-state index < -0.39 is 17.6 Å². The normalized spacial score (nSPS) is 9.35. The van der Waals surface area contributed by atoms with Gasteiger partial charge >= 0.3 is 5.97 Å². The fraction of sp³-hybridized carbons (Fsp3) is 0.0556. The van der Waals surface area contributed by atoms with Crippen molar-refractivity contribution in [3.8, 4) is 17.0 Å². The summed E-state index contributed by atoms with van der Waals surface area (Å²) in [4.78, 5) is 17.7. The predicted molar refractivity (Wildman–Crippen MR) is 86.2 cm³/mol. The molecule has 0 saturated carbocycles. The van der Waals surface area contributed by atoms with Gasteiger partial charge in [0.25, 0.3) is 0 Å². The van der Waals surface area contributed by atoms with Crippen molar-refractivity contribution in [2.45, 2.75) is 0 Å². The van der Waals surface area contributed by atoms with Crippen LogP contribution in [0.25, 0.3) is 11.3 Å². The molecular formula is C18H13F2N2O3Pt-. The minimum atomic E-state index is -0.990. The molecule has 138 valence electrons. The SMILES string of the molecule is COc1ccnc(-c2[c-]cc(F)cc2F)c1.O=C(O)c1ccccn1.[Pt]. The Hall–Kier alpha value is -2.66. The van der Waals surface area contributed by atoms with Gasteiger partial charge in [-0.05, 0) is 30.0 Å². The summed E-state index contributed by atoms with van der Waals surface area (Å²) in [5, 5.41) is 8.32. The van der Waals surface area contributed by atoms with Gasteiger partial charge in [-0.25, -0.2) is 9.78 Å². The van der Waals surface area contributed by atoms with Crippen molar-refractivity contribution in [2.24, 2.45) is 0 Å². The number of carboxylic acid groups (broad SMARTS) is 1. The standard InChI is InChI=1S/C12H8F2NO.C6H5NO2.Pt/c1-16-9-4-5-15-12(7-9)10-3-2-8(13)6-11(10)14;8-6(9)5-3-1-2-4-7-5;/h2,4-7H,1H3;1-4H,(H,8,9);/q-1;;. The van der Waals surface area contributed by atoms with E-state index in [-0.39, 0.29) is 32.3 Å². The Bertz CT molecular complexity index is 864. The Morgan fingerprint density at radius 1 is 1.15 bits per heavy atom. The molecular weight excluding hydrogens is 525 g/mol. The molecule has 1 aromatic carbocycles. The van der Waals surface area contributed by atoms with E-state index in [1.165, 1.54) is 25.6 Å². The van der Waals surface area contributed by atoms with E-state index in [1.54, 1.807) is 24.3 Å². The van der Waals surface area contributed by atoms with Crippen molar-refractivity contribution < 1.29 is 44.5 Å². The third-order valence-electron chi connectivity index (χ3n) is 2.97. The molecule has 0 bridgehead atoms. The number of halogens is 2. The zero-order valence-electron chi connectivity index (χ0n) is 13.4. The average Bonchev–Trinajstić information content (AvgIpc) is 2.63. The smallest absolute Gasteiger partial charge is 0.354 e. The van der Waals surface area contributed by atoms with Crippen LogP contribution in [0.3, 0.4) is 0 Å². The summed E-state index contributed by atoms with van der Waals surface area (Å²) in [7, 11) is 1.50. The third kappa shape index (κ3) is 6.01. The maximum atomic E-state index is 13.4. The van der Waals surface area contributed by atoms with E-state index in [4.69, 9.17) is 9.84 Å². The molecule has 0 radical (unpaired) electrons. The van der Waals surface area contributed by atoms with Gasteiger partial charge in [0.1, 0.15) is 11.4 Å². The van der Waals surface area contributed by atoms with Gasteiger partial charge in [0.15, 0.2) is 0 Å². The second kappa shape index (κ2) is 10.4. The second-order valence-corrected chi connectivity index (χ2v) is 4.64. The number of hydrogen-bond acceptors (Lipinski definition) is 4. The number of methoxy groups -OCH3 is 1. The Labute approximate surface area is 163 Å². The first-order valence-electron chi connectivity index (χ1n) is 7.02. The summed E-state index contributed by atoms with van der Waals surface area (Å²) >= 11 is 0. The largest absolute Gasteiger partial charge is 0.497 e. The van der Waals surface area contributed by atoms with Crippen molar-refractivity contribution in [2.75, 3.05) is 7.11 Å². The van der Waals surface area contributed by atoms with Gasteiger partial charge in [-0.15, -0.1) is 12.1 Å². The van der Waals surface area contributed by atoms with E-state index in [0.29, 0.717) is 11.4 Å². The van der Waals surface area contributed by atoms with Crippen LogP contribution in [0, 0.1) is 17.7 Å². The van der Waals surface area contributed by atoms with E-state index in [2.05, 4.69) is 16.0 Å². The molecule has 8 heteroatoms. The molecule has 3 aromatic rings. The topological polar surface area (TPSA) is 72.3 Å². The summed E-state index contributed by atoms with van der Waals surface area (Å²) in [5.41, 5.74) is 0.564. The molecule has 0 aliphatic heterocycles. The van der Waals surface area contributed by atoms with Crippen LogP contribution in [0.4, 0.5) is 8.78 Å². The molecule has 5 nitrogen and oxygen atoms in total. The van der Waals surface area contributed by atoms with E-state index in [9.17, 15) is 13.6 Å². The monoisotopic (exact) mass is 538 g/mol. The van der Waals surface area contributed by atoms with Gasteiger partial charge in [0, 0.05) is 45.1 Å². The second-order valence-electron chi connectivity index (χ2n) is 4.64. The van der Waals surface area contributed by atoms with E-state index in [0.717, 1.165) is 12.1 Å². The van der Waals surface area contributed by atoms with Gasteiger partial charge in [-0.2, -0.15) is 0 Å². The summed E-state index contributed by atoms with van der Waals surface area (Å²) in [5.74, 6) is -1.79. The van der Waals surface area contributed by atoms with Crippen molar-refractivity contribution in [3.05, 3.63) is 78.3 Å². The van der Waals surface area contributed by atoms with Gasteiger partial charge in [-0.1, -0.05) is 17.7 Å². The van der Waals surface area contributed by atoms with Gasteiger partial charge in [-0.3, -0.25) is 8.78 Å². The maximum absolute atomic E-state index is 13.4. The quantitative estimate of drug-likeness (QED) is 0.516. The molecule has 1 N–H and O–H groups in total. The first kappa shape index (κ1) is 21.4. The van der Waals surface area contributed by atoms with Crippen LogP contribution in [0.1, 0.15) is 10.5 Å². The van der Waals surface area contributed by atoms with Gasteiger partial charge in [0.2, 0.25) is 0 Å². The predicted octanol–water partition coefficient (Wildman–Crippen LogP) is 3.61. The van der Waals surface area contributed by atoms with E-state index >= 15 is 0 Å². The number of aromatic nitrogens is 2. The Balaban J connectivity index is 0.000000290. The Morgan fingerprint density at radius 2 is 1.92 bits per heavy atom. The average molecular weight is 538 g/mol. The van der Waals surface area contributed by atoms with Gasteiger partial charge < -0.3 is 14.8 Å². The summed E-state index contributed by atoms with van der Waals surface area (Å²) in [6.07, 6.45) is 2.94. The third-order valence-corrected chi connectivity index (χ3v) is 2.97. The van der Waals surface area contributed by atoms with Gasteiger partial charge in [0.05, 0.1) is 7.11 Å². The number of nitrogens with zero attached hydrogens (tertiary/aromatic N) is 2. The zero-order chi connectivity index (χ0) is 18.2. The van der Waals surface area contributed by atoms with Crippen LogP contribution >= 0.6 is 0 Å².